The van der Waals surface area contributed by atoms with E-state index < -0.39 is 5.97 Å². The molecule has 1 heterocycles. The fourth-order valence-corrected chi connectivity index (χ4v) is 3.03. The first-order valence-electron chi connectivity index (χ1n) is 9.89. The molecular formula is C22H27N3O5. The molecule has 0 saturated carbocycles. The van der Waals surface area contributed by atoms with Crippen molar-refractivity contribution in [2.75, 3.05) is 51.9 Å². The Morgan fingerprint density at radius 2 is 1.87 bits per heavy atom. The standard InChI is InChI=1S/C22H27N3O5/c1-28-21(26)18-5-7-19(8-6-18)24-22(27)23-16-17-3-2-4-20(15-17)30-14-11-25-9-12-29-13-10-25/h2-8,15H,9-14,16H2,1H3,(H2,23,24,27). The van der Waals surface area contributed by atoms with Gasteiger partial charge >= 0.3 is 12.0 Å². The lowest BCUT2D eigenvalue weighted by molar-refractivity contribution is 0.0322. The average molecular weight is 413 g/mol. The number of hydrogen-bond donors (Lipinski definition) is 2. The number of urea groups is 1. The third-order valence-corrected chi connectivity index (χ3v) is 4.70. The molecule has 0 unspecified atom stereocenters. The van der Waals surface area contributed by atoms with E-state index in [1.165, 1.54) is 7.11 Å². The number of ether oxygens (including phenoxy) is 3. The maximum absolute atomic E-state index is 12.1. The highest BCUT2D eigenvalue weighted by Gasteiger charge is 2.10. The molecule has 1 aliphatic rings. The molecular weight excluding hydrogens is 386 g/mol. The molecule has 8 nitrogen and oxygen atoms in total. The maximum Gasteiger partial charge on any atom is 0.337 e. The first kappa shape index (κ1) is 21.6. The van der Waals surface area contributed by atoms with E-state index in [-0.39, 0.29) is 6.03 Å². The van der Waals surface area contributed by atoms with Gasteiger partial charge in [0.1, 0.15) is 12.4 Å². The Hall–Kier alpha value is -3.10. The Balaban J connectivity index is 1.42. The van der Waals surface area contributed by atoms with Gasteiger partial charge in [-0.3, -0.25) is 4.90 Å². The van der Waals surface area contributed by atoms with E-state index in [9.17, 15) is 9.59 Å². The van der Waals surface area contributed by atoms with Crippen LogP contribution in [0.5, 0.6) is 5.75 Å². The van der Waals surface area contributed by atoms with Gasteiger partial charge in [0.25, 0.3) is 0 Å². The molecule has 2 N–H and O–H groups in total. The first-order chi connectivity index (χ1) is 14.6. The van der Waals surface area contributed by atoms with Gasteiger partial charge in [0.2, 0.25) is 0 Å². The van der Waals surface area contributed by atoms with Crippen LogP contribution in [0.2, 0.25) is 0 Å². The summed E-state index contributed by atoms with van der Waals surface area (Å²) in [4.78, 5) is 25.9. The first-order valence-corrected chi connectivity index (χ1v) is 9.89. The number of morpholine rings is 1. The number of amides is 2. The summed E-state index contributed by atoms with van der Waals surface area (Å²) in [6.45, 7) is 5.27. The molecule has 0 atom stereocenters. The third-order valence-electron chi connectivity index (χ3n) is 4.70. The monoisotopic (exact) mass is 413 g/mol. The molecule has 1 saturated heterocycles. The van der Waals surface area contributed by atoms with Crippen molar-refractivity contribution in [1.29, 1.82) is 0 Å². The molecule has 2 aromatic rings. The zero-order chi connectivity index (χ0) is 21.2. The lowest BCUT2D eigenvalue weighted by Crippen LogP contribution is -2.38. The van der Waals surface area contributed by atoms with E-state index in [4.69, 9.17) is 9.47 Å². The molecule has 3 rings (SSSR count). The van der Waals surface area contributed by atoms with Gasteiger partial charge in [-0.1, -0.05) is 12.1 Å². The van der Waals surface area contributed by atoms with E-state index in [1.54, 1.807) is 24.3 Å². The quantitative estimate of drug-likeness (QED) is 0.647. The van der Waals surface area contributed by atoms with Gasteiger partial charge in [-0.25, -0.2) is 9.59 Å². The summed E-state index contributed by atoms with van der Waals surface area (Å²) in [6.07, 6.45) is 0. The van der Waals surface area contributed by atoms with Crippen LogP contribution in [0.1, 0.15) is 15.9 Å². The lowest BCUT2D eigenvalue weighted by Gasteiger charge is -2.26. The maximum atomic E-state index is 12.1. The molecule has 8 heteroatoms. The Bertz CT molecular complexity index is 835. The van der Waals surface area contributed by atoms with Crippen LogP contribution in [-0.4, -0.2) is 63.5 Å². The largest absolute Gasteiger partial charge is 0.492 e. The van der Waals surface area contributed by atoms with Gasteiger partial charge in [0.05, 0.1) is 25.9 Å². The summed E-state index contributed by atoms with van der Waals surface area (Å²) >= 11 is 0. The normalized spacial score (nSPS) is 14.0. The minimum Gasteiger partial charge on any atom is -0.492 e. The topological polar surface area (TPSA) is 89.1 Å². The number of nitrogens with one attached hydrogen (secondary N) is 2. The molecule has 0 aliphatic carbocycles. The van der Waals surface area contributed by atoms with Crippen LogP contribution in [0.25, 0.3) is 0 Å². The highest BCUT2D eigenvalue weighted by atomic mass is 16.5. The van der Waals surface area contributed by atoms with Gasteiger partial charge in [0.15, 0.2) is 0 Å². The van der Waals surface area contributed by atoms with Crippen molar-refractivity contribution in [3.63, 3.8) is 0 Å². The molecule has 0 spiro atoms. The minimum atomic E-state index is -0.418. The summed E-state index contributed by atoms with van der Waals surface area (Å²) < 4.78 is 15.8. The Morgan fingerprint density at radius 1 is 1.10 bits per heavy atom. The predicted octanol–water partition coefficient (Wildman–Crippen LogP) is 2.51. The van der Waals surface area contributed by atoms with Gasteiger partial charge in [-0.2, -0.15) is 0 Å². The van der Waals surface area contributed by atoms with Crippen LogP contribution in [0.15, 0.2) is 48.5 Å². The van der Waals surface area contributed by atoms with Crippen LogP contribution in [0, 0.1) is 0 Å². The summed E-state index contributed by atoms with van der Waals surface area (Å²) in [7, 11) is 1.33. The second-order valence-electron chi connectivity index (χ2n) is 6.83. The second-order valence-corrected chi connectivity index (χ2v) is 6.83. The number of methoxy groups -OCH3 is 1. The lowest BCUT2D eigenvalue weighted by atomic mass is 10.2. The third kappa shape index (κ3) is 6.75. The number of esters is 1. The zero-order valence-electron chi connectivity index (χ0n) is 17.1. The molecule has 0 bridgehead atoms. The number of hydrogen-bond acceptors (Lipinski definition) is 6. The van der Waals surface area contributed by atoms with E-state index >= 15 is 0 Å². The summed E-state index contributed by atoms with van der Waals surface area (Å²) in [5, 5.41) is 5.54. The molecule has 30 heavy (non-hydrogen) atoms. The van der Waals surface area contributed by atoms with Crippen molar-refractivity contribution in [2.45, 2.75) is 6.54 Å². The van der Waals surface area contributed by atoms with Crippen molar-refractivity contribution >= 4 is 17.7 Å². The summed E-state index contributed by atoms with van der Waals surface area (Å²) in [5.41, 5.74) is 1.95. The molecule has 2 amide bonds. The SMILES string of the molecule is COC(=O)c1ccc(NC(=O)NCc2cccc(OCCN3CCOCC3)c2)cc1. The number of benzene rings is 2. The van der Waals surface area contributed by atoms with Crippen LogP contribution in [0.3, 0.4) is 0 Å². The van der Waals surface area contributed by atoms with Crippen molar-refractivity contribution in [3.8, 4) is 5.75 Å². The minimum absolute atomic E-state index is 0.334. The predicted molar refractivity (Wildman–Crippen MR) is 113 cm³/mol. The van der Waals surface area contributed by atoms with Crippen LogP contribution < -0.4 is 15.4 Å². The van der Waals surface area contributed by atoms with E-state index in [1.807, 2.05) is 24.3 Å². The Kier molecular flexibility index (Phi) is 8.05. The molecule has 2 aromatic carbocycles. The Labute approximate surface area is 176 Å². The number of carbonyl (C=O) groups excluding carboxylic acids is 2. The van der Waals surface area contributed by atoms with Crippen molar-refractivity contribution in [1.82, 2.24) is 10.2 Å². The molecule has 1 fully saturated rings. The van der Waals surface area contributed by atoms with Crippen LogP contribution in [-0.2, 0) is 16.0 Å². The smallest absolute Gasteiger partial charge is 0.337 e. The highest BCUT2D eigenvalue weighted by molar-refractivity contribution is 5.92. The molecule has 0 aromatic heterocycles. The summed E-state index contributed by atoms with van der Waals surface area (Å²) in [5.74, 6) is 0.361. The summed E-state index contributed by atoms with van der Waals surface area (Å²) in [6, 6.07) is 13.8. The van der Waals surface area contributed by atoms with E-state index in [0.717, 1.165) is 44.2 Å². The van der Waals surface area contributed by atoms with Gasteiger partial charge in [-0.15, -0.1) is 0 Å². The fraction of sp³-hybridized carbons (Fsp3) is 0.364. The van der Waals surface area contributed by atoms with Gasteiger partial charge in [-0.05, 0) is 42.0 Å². The van der Waals surface area contributed by atoms with Crippen LogP contribution >= 0.6 is 0 Å². The van der Waals surface area contributed by atoms with Gasteiger partial charge < -0.3 is 24.8 Å². The number of nitrogens with zero attached hydrogens (tertiary/aromatic N) is 1. The van der Waals surface area contributed by atoms with Crippen molar-refractivity contribution in [3.05, 3.63) is 59.7 Å². The molecule has 160 valence electrons. The van der Waals surface area contributed by atoms with E-state index in [0.29, 0.717) is 24.4 Å². The van der Waals surface area contributed by atoms with Crippen molar-refractivity contribution in [2.24, 2.45) is 0 Å². The molecule has 0 radical (unpaired) electrons. The number of anilines is 1. The second kappa shape index (κ2) is 11.2. The fourth-order valence-electron chi connectivity index (χ4n) is 3.03. The highest BCUT2D eigenvalue weighted by Crippen LogP contribution is 2.14. The van der Waals surface area contributed by atoms with Crippen LogP contribution in [0.4, 0.5) is 10.5 Å². The van der Waals surface area contributed by atoms with E-state index in [2.05, 4.69) is 20.3 Å². The average Bonchev–Trinajstić information content (AvgIpc) is 2.79. The van der Waals surface area contributed by atoms with Crippen molar-refractivity contribution < 1.29 is 23.8 Å². The number of carbonyl (C=O) groups is 2. The number of rotatable bonds is 8. The Morgan fingerprint density at radius 3 is 2.60 bits per heavy atom. The zero-order valence-corrected chi connectivity index (χ0v) is 17.1. The van der Waals surface area contributed by atoms with Gasteiger partial charge in [0, 0.05) is 31.9 Å². The molecule has 1 aliphatic heterocycles.